The minimum absolute atomic E-state index is 0.184. The summed E-state index contributed by atoms with van der Waals surface area (Å²) in [6.07, 6.45) is 5.36. The van der Waals surface area contributed by atoms with Crippen LogP contribution in [0.5, 0.6) is 0 Å². The summed E-state index contributed by atoms with van der Waals surface area (Å²) in [5.41, 5.74) is 1.54. The molecule has 25 heavy (non-hydrogen) atoms. The van der Waals surface area contributed by atoms with Gasteiger partial charge in [0, 0.05) is 10.6 Å². The van der Waals surface area contributed by atoms with Gasteiger partial charge in [-0.25, -0.2) is 4.79 Å². The van der Waals surface area contributed by atoms with Crippen molar-refractivity contribution in [3.8, 4) is 0 Å². The molecule has 0 unspecified atom stereocenters. The van der Waals surface area contributed by atoms with Gasteiger partial charge in [0.25, 0.3) is 0 Å². The lowest BCUT2D eigenvalue weighted by atomic mass is 10.1. The molecule has 0 bridgehead atoms. The van der Waals surface area contributed by atoms with Crippen LogP contribution >= 0.6 is 23.1 Å². The number of hydrogen-bond acceptors (Lipinski definition) is 7. The third-order valence-electron chi connectivity index (χ3n) is 3.98. The lowest BCUT2D eigenvalue weighted by molar-refractivity contribution is -0.140. The van der Waals surface area contributed by atoms with Gasteiger partial charge in [0.05, 0.1) is 32.0 Å². The molecule has 138 valence electrons. The van der Waals surface area contributed by atoms with Crippen LogP contribution in [0.1, 0.15) is 46.5 Å². The minimum Gasteiger partial charge on any atom is -0.469 e. The smallest absolute Gasteiger partial charge is 0.341 e. The standard InChI is InChI=1S/C17H23NO5S2/c1-22-14(20)8-9-24-10-13(19)18-16-15(17(21)23-2)11-6-4-3-5-7-12(11)25-16/h3-10H2,1-2H3,(H,18,19). The first kappa shape index (κ1) is 19.8. The average Bonchev–Trinajstić information content (AvgIpc) is 2.78. The molecule has 0 atom stereocenters. The molecule has 1 aliphatic carbocycles. The van der Waals surface area contributed by atoms with E-state index in [9.17, 15) is 14.4 Å². The summed E-state index contributed by atoms with van der Waals surface area (Å²) < 4.78 is 9.48. The number of methoxy groups -OCH3 is 2. The van der Waals surface area contributed by atoms with Crippen molar-refractivity contribution in [1.29, 1.82) is 0 Å². The number of rotatable bonds is 7. The fourth-order valence-corrected chi connectivity index (χ4v) is 4.74. The number of fused-ring (bicyclic) bond motifs is 1. The van der Waals surface area contributed by atoms with Crippen molar-refractivity contribution in [3.63, 3.8) is 0 Å². The quantitative estimate of drug-likeness (QED) is 0.441. The van der Waals surface area contributed by atoms with E-state index in [1.165, 1.54) is 42.2 Å². The predicted molar refractivity (Wildman–Crippen MR) is 99.5 cm³/mol. The number of hydrogen-bond donors (Lipinski definition) is 1. The number of esters is 2. The van der Waals surface area contributed by atoms with Gasteiger partial charge in [0.2, 0.25) is 5.91 Å². The number of carbonyl (C=O) groups is 3. The molecule has 0 spiro atoms. The van der Waals surface area contributed by atoms with Crippen LogP contribution in [0.2, 0.25) is 0 Å². The Morgan fingerprint density at radius 3 is 2.60 bits per heavy atom. The summed E-state index contributed by atoms with van der Waals surface area (Å²) in [6, 6.07) is 0. The van der Waals surface area contributed by atoms with E-state index in [2.05, 4.69) is 10.1 Å². The largest absolute Gasteiger partial charge is 0.469 e. The second kappa shape index (κ2) is 9.82. The zero-order valence-electron chi connectivity index (χ0n) is 14.5. The van der Waals surface area contributed by atoms with E-state index in [1.807, 2.05) is 0 Å². The molecule has 2 rings (SSSR count). The molecule has 0 fully saturated rings. The van der Waals surface area contributed by atoms with Crippen LogP contribution < -0.4 is 5.32 Å². The van der Waals surface area contributed by atoms with E-state index >= 15 is 0 Å². The molecule has 0 saturated carbocycles. The molecule has 1 aliphatic rings. The second-order valence-corrected chi connectivity index (χ2v) is 7.90. The molecular formula is C17H23NO5S2. The fraction of sp³-hybridized carbons (Fsp3) is 0.588. The zero-order valence-corrected chi connectivity index (χ0v) is 16.1. The van der Waals surface area contributed by atoms with Crippen LogP contribution in [0.3, 0.4) is 0 Å². The van der Waals surface area contributed by atoms with Gasteiger partial charge in [-0.05, 0) is 31.2 Å². The van der Waals surface area contributed by atoms with Crippen LogP contribution in [0.25, 0.3) is 0 Å². The van der Waals surface area contributed by atoms with Crippen LogP contribution in [0.4, 0.5) is 5.00 Å². The van der Waals surface area contributed by atoms with E-state index in [0.717, 1.165) is 37.7 Å². The van der Waals surface area contributed by atoms with Crippen molar-refractivity contribution in [2.45, 2.75) is 38.5 Å². The van der Waals surface area contributed by atoms with Gasteiger partial charge in [-0.2, -0.15) is 11.8 Å². The van der Waals surface area contributed by atoms with Crippen molar-refractivity contribution in [3.05, 3.63) is 16.0 Å². The van der Waals surface area contributed by atoms with Crippen molar-refractivity contribution >= 4 is 45.9 Å². The maximum absolute atomic E-state index is 12.2. The Kier molecular flexibility index (Phi) is 7.77. The third-order valence-corrected chi connectivity index (χ3v) is 6.14. The fourth-order valence-electron chi connectivity index (χ4n) is 2.73. The Balaban J connectivity index is 2.02. The Morgan fingerprint density at radius 2 is 1.88 bits per heavy atom. The number of anilines is 1. The van der Waals surface area contributed by atoms with Crippen molar-refractivity contribution in [1.82, 2.24) is 0 Å². The Labute approximate surface area is 155 Å². The number of nitrogens with one attached hydrogen (secondary N) is 1. The number of amides is 1. The number of aryl methyl sites for hydroxylation is 1. The Morgan fingerprint density at radius 1 is 1.12 bits per heavy atom. The summed E-state index contributed by atoms with van der Waals surface area (Å²) in [5.74, 6) is -0.127. The summed E-state index contributed by atoms with van der Waals surface area (Å²) >= 11 is 2.84. The molecular weight excluding hydrogens is 362 g/mol. The van der Waals surface area contributed by atoms with Gasteiger partial charge >= 0.3 is 11.9 Å². The van der Waals surface area contributed by atoms with Gasteiger partial charge in [-0.1, -0.05) is 6.42 Å². The number of thioether (sulfide) groups is 1. The summed E-state index contributed by atoms with van der Waals surface area (Å²) in [7, 11) is 2.70. The minimum atomic E-state index is -0.395. The highest BCUT2D eigenvalue weighted by molar-refractivity contribution is 7.99. The number of carbonyl (C=O) groups excluding carboxylic acids is 3. The summed E-state index contributed by atoms with van der Waals surface area (Å²) in [6.45, 7) is 0. The van der Waals surface area contributed by atoms with Crippen LogP contribution in [0, 0.1) is 0 Å². The molecule has 0 aliphatic heterocycles. The highest BCUT2D eigenvalue weighted by Gasteiger charge is 2.26. The first-order valence-corrected chi connectivity index (χ1v) is 10.2. The second-order valence-electron chi connectivity index (χ2n) is 5.69. The van der Waals surface area contributed by atoms with E-state index < -0.39 is 5.97 Å². The van der Waals surface area contributed by atoms with Crippen LogP contribution in [0.15, 0.2) is 0 Å². The van der Waals surface area contributed by atoms with Crippen molar-refractivity contribution < 1.29 is 23.9 Å². The third kappa shape index (κ3) is 5.47. The molecule has 0 aromatic carbocycles. The maximum Gasteiger partial charge on any atom is 0.341 e. The van der Waals surface area contributed by atoms with E-state index in [0.29, 0.717) is 16.3 Å². The Bertz CT molecular complexity index is 641. The van der Waals surface area contributed by atoms with Crippen molar-refractivity contribution in [2.24, 2.45) is 0 Å². The maximum atomic E-state index is 12.2. The molecule has 1 heterocycles. The normalized spacial score (nSPS) is 13.5. The predicted octanol–water partition coefficient (Wildman–Crippen LogP) is 3.04. The van der Waals surface area contributed by atoms with E-state index in [1.54, 1.807) is 0 Å². The van der Waals surface area contributed by atoms with Gasteiger partial charge < -0.3 is 14.8 Å². The molecule has 1 aromatic heterocycles. The van der Waals surface area contributed by atoms with Gasteiger partial charge in [0.1, 0.15) is 5.00 Å². The first-order valence-electron chi connectivity index (χ1n) is 8.24. The molecule has 8 heteroatoms. The zero-order chi connectivity index (χ0) is 18.2. The molecule has 1 amide bonds. The van der Waals surface area contributed by atoms with E-state index in [4.69, 9.17) is 4.74 Å². The monoisotopic (exact) mass is 385 g/mol. The van der Waals surface area contributed by atoms with E-state index in [-0.39, 0.29) is 24.1 Å². The number of thiophene rings is 1. The van der Waals surface area contributed by atoms with Gasteiger partial charge in [0.15, 0.2) is 0 Å². The average molecular weight is 386 g/mol. The Hall–Kier alpha value is -1.54. The van der Waals surface area contributed by atoms with Gasteiger partial charge in [-0.15, -0.1) is 11.3 Å². The van der Waals surface area contributed by atoms with Gasteiger partial charge in [-0.3, -0.25) is 9.59 Å². The topological polar surface area (TPSA) is 81.7 Å². The lowest BCUT2D eigenvalue weighted by Crippen LogP contribution is -2.17. The number of ether oxygens (including phenoxy) is 2. The van der Waals surface area contributed by atoms with Crippen LogP contribution in [-0.2, 0) is 31.9 Å². The molecule has 1 N–H and O–H groups in total. The highest BCUT2D eigenvalue weighted by Crippen LogP contribution is 2.38. The van der Waals surface area contributed by atoms with Crippen molar-refractivity contribution in [2.75, 3.05) is 31.0 Å². The first-order chi connectivity index (χ1) is 12.1. The highest BCUT2D eigenvalue weighted by atomic mass is 32.2. The summed E-state index contributed by atoms with van der Waals surface area (Å²) in [4.78, 5) is 36.6. The molecule has 6 nitrogen and oxygen atoms in total. The molecule has 0 radical (unpaired) electrons. The molecule has 1 aromatic rings. The van der Waals surface area contributed by atoms with Crippen LogP contribution in [-0.4, -0.2) is 43.6 Å². The molecule has 0 saturated heterocycles. The summed E-state index contributed by atoms with van der Waals surface area (Å²) in [5, 5.41) is 3.43. The lowest BCUT2D eigenvalue weighted by Gasteiger charge is -2.07. The SMILES string of the molecule is COC(=O)CCSCC(=O)Nc1sc2c(c1C(=O)OC)CCCCC2.